The smallest absolute Gasteiger partial charge is 0.306 e. The Balaban J connectivity index is 1.51. The Hall–Kier alpha value is -2.54. The van der Waals surface area contributed by atoms with E-state index in [1.807, 2.05) is 44.2 Å². The van der Waals surface area contributed by atoms with E-state index in [-0.39, 0.29) is 43.5 Å². The number of nitrogens with zero attached hydrogens (tertiary/aromatic N) is 1. The molecule has 0 aromatic heterocycles. The maximum Gasteiger partial charge on any atom is 0.306 e. The summed E-state index contributed by atoms with van der Waals surface area (Å²) in [6.45, 7) is 3.83. The van der Waals surface area contributed by atoms with Gasteiger partial charge in [0, 0.05) is 25.4 Å². The van der Waals surface area contributed by atoms with Crippen LogP contribution in [0.15, 0.2) is 59.5 Å². The number of ether oxygens (including phenoxy) is 4. The summed E-state index contributed by atoms with van der Waals surface area (Å²) in [6, 6.07) is 15.5. The molecule has 4 rings (SSSR count). The zero-order valence-corrected chi connectivity index (χ0v) is 23.9. The molecule has 0 amide bonds. The highest BCUT2D eigenvalue weighted by atomic mass is 32.2. The number of benzene rings is 2. The Morgan fingerprint density at radius 2 is 1.73 bits per heavy atom. The van der Waals surface area contributed by atoms with Gasteiger partial charge < -0.3 is 29.2 Å². The number of aliphatic hydroxyl groups excluding tert-OH is 2. The molecule has 1 saturated carbocycles. The van der Waals surface area contributed by atoms with E-state index in [9.17, 15) is 23.4 Å². The molecule has 10 nitrogen and oxygen atoms in total. The van der Waals surface area contributed by atoms with Gasteiger partial charge in [-0.1, -0.05) is 44.2 Å². The van der Waals surface area contributed by atoms with Crippen LogP contribution in [0.3, 0.4) is 0 Å². The molecule has 0 radical (unpaired) electrons. The Labute approximate surface area is 235 Å². The number of fused-ring (bicyclic) bond motifs is 1. The third-order valence-electron chi connectivity index (χ3n) is 7.32. The molecule has 0 spiro atoms. The first-order valence-corrected chi connectivity index (χ1v) is 15.0. The van der Waals surface area contributed by atoms with Crippen LogP contribution in [-0.2, 0) is 35.4 Å². The Morgan fingerprint density at radius 3 is 2.38 bits per heavy atom. The summed E-state index contributed by atoms with van der Waals surface area (Å²) in [5.74, 6) is -0.653. The van der Waals surface area contributed by atoms with Gasteiger partial charge in [-0.15, -0.1) is 0 Å². The SMILES string of the molecule is COc1ccc(S(=O)(=O)N(CC(C)C)C[C@@H](O)[C@@H](CC(=O)O[C@H]2C[C@@H](O)[C@H]3OCOC23)Cc2ccccc2)cc1. The lowest BCUT2D eigenvalue weighted by molar-refractivity contribution is -0.156. The largest absolute Gasteiger partial charge is 0.497 e. The van der Waals surface area contributed by atoms with E-state index < -0.39 is 52.4 Å². The molecule has 2 aromatic carbocycles. The van der Waals surface area contributed by atoms with Crippen LogP contribution >= 0.6 is 0 Å². The van der Waals surface area contributed by atoms with Crippen LogP contribution in [0.5, 0.6) is 5.75 Å². The average Bonchev–Trinajstić information content (AvgIpc) is 3.52. The number of methoxy groups -OCH3 is 1. The van der Waals surface area contributed by atoms with E-state index in [1.54, 1.807) is 12.1 Å². The van der Waals surface area contributed by atoms with Gasteiger partial charge in [0.1, 0.15) is 30.9 Å². The van der Waals surface area contributed by atoms with Crippen molar-refractivity contribution < 1.29 is 42.4 Å². The maximum atomic E-state index is 13.6. The quantitative estimate of drug-likeness (QED) is 0.345. The number of hydrogen-bond donors (Lipinski definition) is 2. The topological polar surface area (TPSA) is 132 Å². The molecule has 220 valence electrons. The molecule has 6 atom stereocenters. The van der Waals surface area contributed by atoms with Crippen molar-refractivity contribution in [1.29, 1.82) is 0 Å². The minimum absolute atomic E-state index is 0.00636. The van der Waals surface area contributed by atoms with Gasteiger partial charge >= 0.3 is 5.97 Å². The van der Waals surface area contributed by atoms with E-state index in [1.165, 1.54) is 23.5 Å². The van der Waals surface area contributed by atoms with Crippen molar-refractivity contribution in [1.82, 2.24) is 4.31 Å². The highest BCUT2D eigenvalue weighted by molar-refractivity contribution is 7.89. The summed E-state index contributed by atoms with van der Waals surface area (Å²) in [5.41, 5.74) is 0.900. The van der Waals surface area contributed by atoms with Crippen molar-refractivity contribution in [2.24, 2.45) is 11.8 Å². The molecule has 2 N–H and O–H groups in total. The predicted octanol–water partition coefficient (Wildman–Crippen LogP) is 2.37. The Morgan fingerprint density at radius 1 is 1.05 bits per heavy atom. The van der Waals surface area contributed by atoms with Crippen molar-refractivity contribution in [2.75, 3.05) is 27.0 Å². The molecule has 2 aliphatic rings. The zero-order chi connectivity index (χ0) is 28.9. The standard InChI is InChI=1S/C29H39NO9S/c1-19(2)16-30(40(34,35)23-11-9-22(36-3)10-12-23)17-25(32)21(13-20-7-5-4-6-8-20)14-27(33)39-26-15-24(31)28-29(26)38-18-37-28/h4-12,19,21,24-26,28-29,31-32H,13-18H2,1-3H3/t21-,24-,25-,26+,28-,29?/m1/s1. The molecule has 1 aliphatic heterocycles. The van der Waals surface area contributed by atoms with Gasteiger partial charge in [0.05, 0.1) is 30.6 Å². The van der Waals surface area contributed by atoms with Crippen molar-refractivity contribution >= 4 is 16.0 Å². The van der Waals surface area contributed by atoms with Crippen LogP contribution in [0.4, 0.5) is 0 Å². The molecular formula is C29H39NO9S. The number of sulfonamides is 1. The van der Waals surface area contributed by atoms with Crippen LogP contribution in [0, 0.1) is 11.8 Å². The van der Waals surface area contributed by atoms with Crippen molar-refractivity contribution in [3.05, 3.63) is 60.2 Å². The molecule has 1 saturated heterocycles. The minimum Gasteiger partial charge on any atom is -0.497 e. The van der Waals surface area contributed by atoms with Crippen LogP contribution in [0.2, 0.25) is 0 Å². The molecule has 1 aliphatic carbocycles. The number of aliphatic hydroxyl groups is 2. The van der Waals surface area contributed by atoms with E-state index in [0.29, 0.717) is 12.2 Å². The van der Waals surface area contributed by atoms with E-state index in [2.05, 4.69) is 0 Å². The Bertz CT molecular complexity index is 1210. The molecule has 0 bridgehead atoms. The normalized spacial score (nSPS) is 24.2. The van der Waals surface area contributed by atoms with E-state index in [0.717, 1.165) is 5.56 Å². The summed E-state index contributed by atoms with van der Waals surface area (Å²) >= 11 is 0. The molecule has 40 heavy (non-hydrogen) atoms. The summed E-state index contributed by atoms with van der Waals surface area (Å²) in [5, 5.41) is 21.6. The summed E-state index contributed by atoms with van der Waals surface area (Å²) in [6.07, 6.45) is -3.26. The third-order valence-corrected chi connectivity index (χ3v) is 9.16. The van der Waals surface area contributed by atoms with Gasteiger partial charge in [-0.3, -0.25) is 4.79 Å². The van der Waals surface area contributed by atoms with Crippen LogP contribution in [0.25, 0.3) is 0 Å². The molecule has 1 heterocycles. The van der Waals surface area contributed by atoms with Gasteiger partial charge in [-0.25, -0.2) is 8.42 Å². The summed E-state index contributed by atoms with van der Waals surface area (Å²) in [7, 11) is -2.44. The highest BCUT2D eigenvalue weighted by Crippen LogP contribution is 2.33. The Kier molecular flexibility index (Phi) is 10.2. The number of carbonyl (C=O) groups is 1. The van der Waals surface area contributed by atoms with Gasteiger partial charge in [0.25, 0.3) is 0 Å². The number of carbonyl (C=O) groups excluding carboxylic acids is 1. The first kappa shape index (κ1) is 30.4. The molecule has 2 aromatic rings. The second kappa shape index (κ2) is 13.4. The summed E-state index contributed by atoms with van der Waals surface area (Å²) in [4.78, 5) is 13.2. The fourth-order valence-electron chi connectivity index (χ4n) is 5.28. The fourth-order valence-corrected chi connectivity index (χ4v) is 6.90. The van der Waals surface area contributed by atoms with Crippen LogP contribution < -0.4 is 4.74 Å². The van der Waals surface area contributed by atoms with Crippen LogP contribution in [0.1, 0.15) is 32.3 Å². The maximum absolute atomic E-state index is 13.6. The lowest BCUT2D eigenvalue weighted by Crippen LogP contribution is -2.43. The number of hydrogen-bond acceptors (Lipinski definition) is 9. The first-order chi connectivity index (χ1) is 19.1. The highest BCUT2D eigenvalue weighted by Gasteiger charge is 2.50. The fraction of sp³-hybridized carbons (Fsp3) is 0.552. The lowest BCUT2D eigenvalue weighted by atomic mass is 9.90. The molecule has 1 unspecified atom stereocenters. The van der Waals surface area contributed by atoms with Crippen molar-refractivity contribution in [3.63, 3.8) is 0 Å². The molecule has 11 heteroatoms. The molecule has 2 fully saturated rings. The van der Waals surface area contributed by atoms with E-state index in [4.69, 9.17) is 18.9 Å². The second-order valence-electron chi connectivity index (χ2n) is 10.8. The van der Waals surface area contributed by atoms with E-state index >= 15 is 0 Å². The minimum atomic E-state index is -3.94. The predicted molar refractivity (Wildman–Crippen MR) is 146 cm³/mol. The average molecular weight is 578 g/mol. The second-order valence-corrected chi connectivity index (χ2v) is 12.8. The number of esters is 1. The van der Waals surface area contributed by atoms with Crippen LogP contribution in [-0.4, -0.2) is 86.4 Å². The summed E-state index contributed by atoms with van der Waals surface area (Å²) < 4.78 is 50.2. The monoisotopic (exact) mass is 577 g/mol. The van der Waals surface area contributed by atoms with Crippen molar-refractivity contribution in [3.8, 4) is 5.75 Å². The van der Waals surface area contributed by atoms with Gasteiger partial charge in [-0.2, -0.15) is 4.31 Å². The number of rotatable bonds is 13. The zero-order valence-electron chi connectivity index (χ0n) is 23.1. The van der Waals surface area contributed by atoms with Gasteiger partial charge in [0.15, 0.2) is 0 Å². The molecular weight excluding hydrogens is 538 g/mol. The first-order valence-electron chi connectivity index (χ1n) is 13.6. The van der Waals surface area contributed by atoms with Gasteiger partial charge in [-0.05, 0) is 42.2 Å². The van der Waals surface area contributed by atoms with Crippen molar-refractivity contribution in [2.45, 2.75) is 68.5 Å². The van der Waals surface area contributed by atoms with Gasteiger partial charge in [0.2, 0.25) is 10.0 Å². The third kappa shape index (κ3) is 7.39. The lowest BCUT2D eigenvalue weighted by Gasteiger charge is -2.30.